The molecule has 0 spiro atoms. The van der Waals surface area contributed by atoms with E-state index in [1.807, 2.05) is 18.2 Å². The number of rotatable bonds is 8. The summed E-state index contributed by atoms with van der Waals surface area (Å²) in [5, 5.41) is 10.4. The molecule has 0 saturated carbocycles. The van der Waals surface area contributed by atoms with Gasteiger partial charge in [-0.1, -0.05) is 56.5 Å². The number of unbranched alkanes of at least 4 members (excludes halogenated alkanes) is 2. The molecule has 0 unspecified atom stereocenters. The van der Waals surface area contributed by atoms with Gasteiger partial charge in [-0.05, 0) is 12.0 Å². The molecule has 136 valence electrons. The van der Waals surface area contributed by atoms with Gasteiger partial charge in [-0.25, -0.2) is 4.98 Å². The molecule has 2 heterocycles. The van der Waals surface area contributed by atoms with Gasteiger partial charge in [-0.15, -0.1) is 0 Å². The molecule has 1 aliphatic rings. The van der Waals surface area contributed by atoms with E-state index in [4.69, 9.17) is 9.15 Å². The predicted molar refractivity (Wildman–Crippen MR) is 97.9 cm³/mol. The molecule has 1 N–H and O–H groups in total. The molecule has 0 aliphatic carbocycles. The lowest BCUT2D eigenvalue weighted by Gasteiger charge is -2.26. The average molecular weight is 344 g/mol. The Hall–Kier alpha value is -1.85. The van der Waals surface area contributed by atoms with E-state index in [0.717, 1.165) is 43.9 Å². The summed E-state index contributed by atoms with van der Waals surface area (Å²) in [6, 6.07) is 10.3. The van der Waals surface area contributed by atoms with Crippen LogP contribution in [-0.2, 0) is 11.2 Å². The Morgan fingerprint density at radius 3 is 2.64 bits per heavy atom. The van der Waals surface area contributed by atoms with Crippen LogP contribution in [0.25, 0.3) is 0 Å². The van der Waals surface area contributed by atoms with E-state index in [2.05, 4.69) is 28.9 Å². The standard InChI is InChI=1S/C20H28N2O3/c1-2-3-5-10-18(23)19-21-17(15-16-8-6-4-7-9-16)20(25-19)22-11-13-24-14-12-22/h4,6-9,18,23H,2-3,5,10-15H2,1H3/t18-/m0/s1. The Balaban J connectivity index is 1.80. The second kappa shape index (κ2) is 9.02. The monoisotopic (exact) mass is 344 g/mol. The van der Waals surface area contributed by atoms with E-state index in [9.17, 15) is 5.11 Å². The number of aliphatic hydroxyl groups excluding tert-OH is 1. The van der Waals surface area contributed by atoms with Crippen molar-refractivity contribution in [3.8, 4) is 0 Å². The van der Waals surface area contributed by atoms with Crippen molar-refractivity contribution in [1.29, 1.82) is 0 Å². The van der Waals surface area contributed by atoms with Gasteiger partial charge >= 0.3 is 0 Å². The Kier molecular flexibility index (Phi) is 6.48. The first-order valence-corrected chi connectivity index (χ1v) is 9.32. The van der Waals surface area contributed by atoms with Gasteiger partial charge in [-0.3, -0.25) is 0 Å². The topological polar surface area (TPSA) is 58.7 Å². The zero-order valence-corrected chi connectivity index (χ0v) is 15.0. The quantitative estimate of drug-likeness (QED) is 0.740. The fraction of sp³-hybridized carbons (Fsp3) is 0.550. The van der Waals surface area contributed by atoms with Crippen molar-refractivity contribution in [3.05, 3.63) is 47.5 Å². The van der Waals surface area contributed by atoms with Gasteiger partial charge in [-0.2, -0.15) is 0 Å². The first-order valence-electron chi connectivity index (χ1n) is 9.32. The maximum absolute atomic E-state index is 10.4. The molecule has 1 aliphatic heterocycles. The molecule has 2 aromatic rings. The third-order valence-corrected chi connectivity index (χ3v) is 4.57. The van der Waals surface area contributed by atoms with Crippen LogP contribution in [0.15, 0.2) is 34.7 Å². The number of hydrogen-bond acceptors (Lipinski definition) is 5. The molecule has 0 amide bonds. The summed E-state index contributed by atoms with van der Waals surface area (Å²) in [6.07, 6.45) is 4.01. The minimum absolute atomic E-state index is 0.448. The number of nitrogens with zero attached hydrogens (tertiary/aromatic N) is 2. The highest BCUT2D eigenvalue weighted by atomic mass is 16.5. The molecule has 0 bridgehead atoms. The highest BCUT2D eigenvalue weighted by molar-refractivity contribution is 5.44. The van der Waals surface area contributed by atoms with Gasteiger partial charge in [0.2, 0.25) is 11.8 Å². The molecule has 5 nitrogen and oxygen atoms in total. The Morgan fingerprint density at radius 2 is 1.92 bits per heavy atom. The number of ether oxygens (including phenoxy) is 1. The van der Waals surface area contributed by atoms with Crippen LogP contribution < -0.4 is 4.90 Å². The van der Waals surface area contributed by atoms with Crippen molar-refractivity contribution in [2.24, 2.45) is 0 Å². The van der Waals surface area contributed by atoms with Crippen molar-refractivity contribution >= 4 is 5.88 Å². The van der Waals surface area contributed by atoms with Crippen molar-refractivity contribution in [2.45, 2.75) is 45.1 Å². The maximum Gasteiger partial charge on any atom is 0.226 e. The highest BCUT2D eigenvalue weighted by Gasteiger charge is 2.24. The first kappa shape index (κ1) is 18.0. The molecule has 1 aromatic carbocycles. The normalized spacial score (nSPS) is 16.2. The molecule has 1 fully saturated rings. The maximum atomic E-state index is 10.4. The van der Waals surface area contributed by atoms with E-state index in [1.54, 1.807) is 0 Å². The lowest BCUT2D eigenvalue weighted by atomic mass is 10.1. The Labute approximate surface area is 149 Å². The summed E-state index contributed by atoms with van der Waals surface area (Å²) in [6.45, 7) is 5.14. The van der Waals surface area contributed by atoms with Crippen LogP contribution in [-0.4, -0.2) is 36.4 Å². The summed E-state index contributed by atoms with van der Waals surface area (Å²) in [4.78, 5) is 6.84. The van der Waals surface area contributed by atoms with Gasteiger partial charge in [0.25, 0.3) is 0 Å². The van der Waals surface area contributed by atoms with E-state index in [0.29, 0.717) is 31.9 Å². The number of morpholine rings is 1. The summed E-state index contributed by atoms with van der Waals surface area (Å²) in [5.41, 5.74) is 2.09. The van der Waals surface area contributed by atoms with Crippen molar-refractivity contribution in [2.75, 3.05) is 31.2 Å². The number of benzene rings is 1. The molecule has 1 atom stereocenters. The van der Waals surface area contributed by atoms with E-state index in [1.165, 1.54) is 5.56 Å². The minimum Gasteiger partial charge on any atom is -0.422 e. The summed E-state index contributed by atoms with van der Waals surface area (Å²) in [7, 11) is 0. The highest BCUT2D eigenvalue weighted by Crippen LogP contribution is 2.30. The van der Waals surface area contributed by atoms with Gasteiger partial charge < -0.3 is 19.2 Å². The summed E-state index contributed by atoms with van der Waals surface area (Å²) >= 11 is 0. The van der Waals surface area contributed by atoms with Gasteiger partial charge in [0.1, 0.15) is 11.8 Å². The predicted octanol–water partition coefficient (Wildman–Crippen LogP) is 3.72. The zero-order chi connectivity index (χ0) is 17.5. The fourth-order valence-electron chi connectivity index (χ4n) is 3.13. The number of hydrogen-bond donors (Lipinski definition) is 1. The van der Waals surface area contributed by atoms with Crippen molar-refractivity contribution in [3.63, 3.8) is 0 Å². The molecule has 5 heteroatoms. The Morgan fingerprint density at radius 1 is 1.16 bits per heavy atom. The number of aromatic nitrogens is 1. The summed E-state index contributed by atoms with van der Waals surface area (Å²) in [5.74, 6) is 1.24. The SMILES string of the molecule is CCCCC[C@H](O)c1nc(Cc2ccccc2)c(N2CCOCC2)o1. The molecule has 1 aromatic heterocycles. The molecule has 0 radical (unpaired) electrons. The van der Waals surface area contributed by atoms with Gasteiger partial charge in [0.15, 0.2) is 0 Å². The van der Waals surface area contributed by atoms with Crippen LogP contribution in [0.1, 0.15) is 55.9 Å². The lowest BCUT2D eigenvalue weighted by molar-refractivity contribution is 0.116. The second-order valence-electron chi connectivity index (χ2n) is 6.58. The Bertz CT molecular complexity index is 636. The average Bonchev–Trinajstić information content (AvgIpc) is 3.07. The third-order valence-electron chi connectivity index (χ3n) is 4.57. The largest absolute Gasteiger partial charge is 0.422 e. The number of oxazole rings is 1. The van der Waals surface area contributed by atoms with Gasteiger partial charge in [0.05, 0.1) is 13.2 Å². The number of aliphatic hydroxyl groups is 1. The molecule has 3 rings (SSSR count). The minimum atomic E-state index is -0.629. The molecule has 1 saturated heterocycles. The smallest absolute Gasteiger partial charge is 0.226 e. The molecular formula is C20H28N2O3. The molecular weight excluding hydrogens is 316 g/mol. The second-order valence-corrected chi connectivity index (χ2v) is 6.58. The van der Waals surface area contributed by atoms with Crippen LogP contribution in [0.3, 0.4) is 0 Å². The van der Waals surface area contributed by atoms with Crippen LogP contribution in [0.2, 0.25) is 0 Å². The summed E-state index contributed by atoms with van der Waals surface area (Å²) < 4.78 is 11.5. The van der Waals surface area contributed by atoms with Crippen LogP contribution >= 0.6 is 0 Å². The third kappa shape index (κ3) is 4.83. The van der Waals surface area contributed by atoms with Crippen molar-refractivity contribution in [1.82, 2.24) is 4.98 Å². The van der Waals surface area contributed by atoms with E-state index < -0.39 is 6.10 Å². The van der Waals surface area contributed by atoms with Crippen LogP contribution in [0.5, 0.6) is 0 Å². The number of anilines is 1. The van der Waals surface area contributed by atoms with E-state index in [-0.39, 0.29) is 0 Å². The van der Waals surface area contributed by atoms with Crippen molar-refractivity contribution < 1.29 is 14.3 Å². The van der Waals surface area contributed by atoms with Gasteiger partial charge in [0, 0.05) is 19.5 Å². The first-order chi connectivity index (χ1) is 12.3. The van der Waals surface area contributed by atoms with Crippen LogP contribution in [0, 0.1) is 0 Å². The van der Waals surface area contributed by atoms with Crippen LogP contribution in [0.4, 0.5) is 5.88 Å². The van der Waals surface area contributed by atoms with E-state index >= 15 is 0 Å². The fourth-order valence-corrected chi connectivity index (χ4v) is 3.13. The zero-order valence-electron chi connectivity index (χ0n) is 15.0. The lowest BCUT2D eigenvalue weighted by Crippen LogP contribution is -2.36. The molecule has 25 heavy (non-hydrogen) atoms.